The van der Waals surface area contributed by atoms with E-state index in [1.165, 1.54) is 4.90 Å². The van der Waals surface area contributed by atoms with Crippen molar-refractivity contribution < 1.29 is 17.1 Å². The molecule has 1 amide bonds. The molecule has 1 aliphatic heterocycles. The average Bonchev–Trinajstić information content (AvgIpc) is 2.74. The van der Waals surface area contributed by atoms with Crippen LogP contribution in [-0.4, -0.2) is 31.0 Å². The summed E-state index contributed by atoms with van der Waals surface area (Å²) in [5.74, 6) is -0.394. The molecule has 1 aliphatic rings. The first-order valence-electron chi connectivity index (χ1n) is 5.88. The fourth-order valence-electron chi connectivity index (χ4n) is 2.21. The number of hydrogen-bond donors (Lipinski definition) is 0. The summed E-state index contributed by atoms with van der Waals surface area (Å²) >= 11 is 11.7. The maximum atomic E-state index is 13.0. The van der Waals surface area contributed by atoms with E-state index in [0.717, 1.165) is 0 Å². The van der Waals surface area contributed by atoms with Crippen LogP contribution in [0.4, 0.5) is 3.89 Å². The number of carbonyl (C=O) groups excluding carboxylic acids is 1. The van der Waals surface area contributed by atoms with Gasteiger partial charge in [-0.3, -0.25) is 4.79 Å². The highest BCUT2D eigenvalue weighted by molar-refractivity contribution is 7.87. The quantitative estimate of drug-likeness (QED) is 0.795. The number of likely N-dealkylation sites (tertiary alicyclic amines) is 1. The molecular formula is C12H12Cl2FNO3S. The van der Waals surface area contributed by atoms with Crippen LogP contribution in [-0.2, 0) is 15.0 Å². The fourth-order valence-corrected chi connectivity index (χ4v) is 3.20. The zero-order valence-electron chi connectivity index (χ0n) is 10.5. The van der Waals surface area contributed by atoms with Crippen molar-refractivity contribution in [3.63, 3.8) is 0 Å². The Hall–Kier alpha value is -0.850. The van der Waals surface area contributed by atoms with E-state index in [1.807, 2.05) is 0 Å². The van der Waals surface area contributed by atoms with Crippen molar-refractivity contribution in [2.24, 2.45) is 0 Å². The maximum absolute atomic E-state index is 13.0. The lowest BCUT2D eigenvalue weighted by molar-refractivity contribution is -0.129. The van der Waals surface area contributed by atoms with E-state index in [1.54, 1.807) is 25.1 Å². The second kappa shape index (κ2) is 5.50. The van der Waals surface area contributed by atoms with E-state index in [-0.39, 0.29) is 13.0 Å². The minimum absolute atomic E-state index is 0.154. The first kappa shape index (κ1) is 15.5. The van der Waals surface area contributed by atoms with E-state index < -0.39 is 27.4 Å². The van der Waals surface area contributed by atoms with Gasteiger partial charge >= 0.3 is 10.2 Å². The Labute approximate surface area is 126 Å². The monoisotopic (exact) mass is 339 g/mol. The Morgan fingerprint density at radius 2 is 2.00 bits per heavy atom. The van der Waals surface area contributed by atoms with Gasteiger partial charge in [0.2, 0.25) is 5.91 Å². The summed E-state index contributed by atoms with van der Waals surface area (Å²) in [6.07, 6.45) is -0.329. The molecule has 2 rings (SSSR count). The second-order valence-corrected chi connectivity index (χ2v) is 7.13. The molecule has 1 saturated heterocycles. The lowest BCUT2D eigenvalue weighted by atomic mass is 10.1. The molecule has 4 nitrogen and oxygen atoms in total. The molecule has 2 unspecified atom stereocenters. The highest BCUT2D eigenvalue weighted by Gasteiger charge is 2.40. The van der Waals surface area contributed by atoms with E-state index >= 15 is 0 Å². The molecule has 20 heavy (non-hydrogen) atoms. The maximum Gasteiger partial charge on any atom is 0.307 e. The van der Waals surface area contributed by atoms with Crippen LogP contribution < -0.4 is 0 Å². The Morgan fingerprint density at radius 1 is 1.35 bits per heavy atom. The van der Waals surface area contributed by atoms with Gasteiger partial charge in [0, 0.05) is 13.0 Å². The lowest BCUT2D eigenvalue weighted by Gasteiger charge is -2.25. The van der Waals surface area contributed by atoms with Crippen LogP contribution in [0.25, 0.3) is 0 Å². The predicted octanol–water partition coefficient (Wildman–Crippen LogP) is 2.95. The number of hydrogen-bond acceptors (Lipinski definition) is 3. The van der Waals surface area contributed by atoms with E-state index in [9.17, 15) is 17.1 Å². The summed E-state index contributed by atoms with van der Waals surface area (Å²) in [6, 6.07) is 4.51. The zero-order valence-corrected chi connectivity index (χ0v) is 12.8. The minimum Gasteiger partial charge on any atom is -0.334 e. The van der Waals surface area contributed by atoms with Crippen molar-refractivity contribution in [1.82, 2.24) is 4.90 Å². The van der Waals surface area contributed by atoms with Crippen LogP contribution in [0.1, 0.15) is 24.9 Å². The number of carbonyl (C=O) groups is 1. The van der Waals surface area contributed by atoms with Gasteiger partial charge in [-0.25, -0.2) is 0 Å². The van der Waals surface area contributed by atoms with E-state index in [0.29, 0.717) is 15.6 Å². The van der Waals surface area contributed by atoms with E-state index in [2.05, 4.69) is 0 Å². The second-order valence-electron chi connectivity index (χ2n) is 4.70. The topological polar surface area (TPSA) is 54.5 Å². The van der Waals surface area contributed by atoms with Crippen molar-refractivity contribution in [3.8, 4) is 0 Å². The summed E-state index contributed by atoms with van der Waals surface area (Å²) in [5.41, 5.74) is 0.713. The van der Waals surface area contributed by atoms with Gasteiger partial charge in [-0.1, -0.05) is 29.3 Å². The SMILES string of the molecule is CC(c1ccc(Cl)c(Cl)c1)N1CC(S(=O)(=O)F)CC1=O. The molecule has 0 N–H and O–H groups in total. The molecule has 0 spiro atoms. The van der Waals surface area contributed by atoms with Crippen molar-refractivity contribution in [2.45, 2.75) is 24.6 Å². The van der Waals surface area contributed by atoms with Crippen LogP contribution >= 0.6 is 23.2 Å². The van der Waals surface area contributed by atoms with Gasteiger partial charge in [0.25, 0.3) is 0 Å². The molecular weight excluding hydrogens is 328 g/mol. The summed E-state index contributed by atoms with van der Waals surface area (Å²) in [7, 11) is -4.71. The smallest absolute Gasteiger partial charge is 0.307 e. The summed E-state index contributed by atoms with van der Waals surface area (Å²) in [6.45, 7) is 1.57. The molecule has 0 saturated carbocycles. The summed E-state index contributed by atoms with van der Waals surface area (Å²) in [5, 5.41) is -0.558. The Morgan fingerprint density at radius 3 is 2.50 bits per heavy atom. The van der Waals surface area contributed by atoms with Gasteiger partial charge in [-0.2, -0.15) is 8.42 Å². The highest BCUT2D eigenvalue weighted by atomic mass is 35.5. The van der Waals surface area contributed by atoms with Crippen molar-refractivity contribution in [3.05, 3.63) is 33.8 Å². The van der Waals surface area contributed by atoms with Crippen LogP contribution in [0, 0.1) is 0 Å². The standard InChI is InChI=1S/C12H12Cl2FNO3S/c1-7(8-2-3-10(13)11(14)4-8)16-6-9(5-12(16)17)20(15,18)19/h2-4,7,9H,5-6H2,1H3. The largest absolute Gasteiger partial charge is 0.334 e. The molecule has 0 aromatic heterocycles. The highest BCUT2D eigenvalue weighted by Crippen LogP contribution is 2.32. The third kappa shape index (κ3) is 3.07. The normalized spacial score (nSPS) is 21.3. The first-order valence-corrected chi connectivity index (χ1v) is 8.08. The molecule has 0 bridgehead atoms. The molecule has 0 aliphatic carbocycles. The summed E-state index contributed by atoms with van der Waals surface area (Å²) in [4.78, 5) is 13.2. The van der Waals surface area contributed by atoms with Crippen molar-refractivity contribution >= 4 is 39.3 Å². The van der Waals surface area contributed by atoms with Gasteiger partial charge in [-0.05, 0) is 24.6 Å². The lowest BCUT2D eigenvalue weighted by Crippen LogP contribution is -2.30. The van der Waals surface area contributed by atoms with Crippen molar-refractivity contribution in [2.75, 3.05) is 6.54 Å². The Balaban J connectivity index is 2.23. The zero-order chi connectivity index (χ0) is 15.1. The molecule has 1 aromatic rings. The predicted molar refractivity (Wildman–Crippen MR) is 75.0 cm³/mol. The summed E-state index contributed by atoms with van der Waals surface area (Å²) < 4.78 is 34.8. The number of benzene rings is 1. The van der Waals surface area contributed by atoms with Gasteiger partial charge in [0.05, 0.1) is 16.1 Å². The van der Waals surface area contributed by atoms with Gasteiger partial charge in [-0.15, -0.1) is 3.89 Å². The van der Waals surface area contributed by atoms with Crippen LogP contribution in [0.2, 0.25) is 10.0 Å². The first-order chi connectivity index (χ1) is 9.20. The average molecular weight is 340 g/mol. The Kier molecular flexibility index (Phi) is 4.27. The number of halogens is 3. The molecule has 8 heteroatoms. The molecule has 1 aromatic carbocycles. The van der Waals surface area contributed by atoms with Crippen LogP contribution in [0.3, 0.4) is 0 Å². The molecule has 1 fully saturated rings. The number of amides is 1. The van der Waals surface area contributed by atoms with Crippen LogP contribution in [0.5, 0.6) is 0 Å². The van der Waals surface area contributed by atoms with Crippen molar-refractivity contribution in [1.29, 1.82) is 0 Å². The Bertz CT molecular complexity index is 650. The van der Waals surface area contributed by atoms with Gasteiger partial charge < -0.3 is 4.90 Å². The minimum atomic E-state index is -4.71. The third-order valence-corrected chi connectivity index (χ3v) is 5.27. The fraction of sp³-hybridized carbons (Fsp3) is 0.417. The number of rotatable bonds is 3. The molecule has 110 valence electrons. The van der Waals surface area contributed by atoms with E-state index in [4.69, 9.17) is 23.2 Å². The molecule has 1 heterocycles. The van der Waals surface area contributed by atoms with Gasteiger partial charge in [0.1, 0.15) is 5.25 Å². The van der Waals surface area contributed by atoms with Gasteiger partial charge in [0.15, 0.2) is 0 Å². The number of nitrogens with zero attached hydrogens (tertiary/aromatic N) is 1. The molecule has 2 atom stereocenters. The molecule has 0 radical (unpaired) electrons. The van der Waals surface area contributed by atoms with Crippen LogP contribution in [0.15, 0.2) is 18.2 Å². The third-order valence-electron chi connectivity index (χ3n) is 3.41.